The van der Waals surface area contributed by atoms with Gasteiger partial charge in [0.15, 0.2) is 6.29 Å². The second kappa shape index (κ2) is 3.70. The van der Waals surface area contributed by atoms with Gasteiger partial charge in [-0.15, -0.1) is 0 Å². The van der Waals surface area contributed by atoms with Crippen molar-refractivity contribution in [2.45, 2.75) is 0 Å². The Morgan fingerprint density at radius 1 is 1.47 bits per heavy atom. The molecule has 2 rings (SSSR count). The number of aryl methyl sites for hydroxylation is 1. The smallest absolute Gasteiger partial charge is 0.152 e. The summed E-state index contributed by atoms with van der Waals surface area (Å²) in [5, 5.41) is 0.851. The molecule has 0 aliphatic rings. The minimum absolute atomic E-state index is 0.644. The molecule has 0 atom stereocenters. The molecular weight excluding hydrogens is 258 g/mol. The summed E-state index contributed by atoms with van der Waals surface area (Å²) in [7, 11) is 3.50. The molecule has 0 bridgehead atoms. The zero-order valence-electron chi connectivity index (χ0n) is 8.45. The van der Waals surface area contributed by atoms with Crippen molar-refractivity contribution in [2.24, 2.45) is 7.05 Å². The normalized spacial score (nSPS) is 10.6. The lowest BCUT2D eigenvalue weighted by Gasteiger charge is -2.05. The van der Waals surface area contributed by atoms with E-state index in [-0.39, 0.29) is 0 Å². The second-order valence-electron chi connectivity index (χ2n) is 3.29. The average Bonchev–Trinajstić information content (AvgIpc) is 2.58. The number of benzene rings is 1. The van der Waals surface area contributed by atoms with Crippen molar-refractivity contribution in [3.05, 3.63) is 28.4 Å². The molecule has 0 saturated heterocycles. The molecule has 78 valence electrons. The number of carbonyl (C=O) groups excluding carboxylic acids is 1. The van der Waals surface area contributed by atoms with Crippen LogP contribution < -0.4 is 4.74 Å². The summed E-state index contributed by atoms with van der Waals surface area (Å²) in [4.78, 5) is 10.9. The Hall–Kier alpha value is -1.29. The third-order valence-electron chi connectivity index (χ3n) is 2.41. The van der Waals surface area contributed by atoms with E-state index in [2.05, 4.69) is 15.9 Å². The summed E-state index contributed by atoms with van der Waals surface area (Å²) in [6.07, 6.45) is 2.64. The number of hydrogen-bond acceptors (Lipinski definition) is 2. The molecule has 0 saturated carbocycles. The lowest BCUT2D eigenvalue weighted by atomic mass is 10.2. The van der Waals surface area contributed by atoms with Gasteiger partial charge in [0.2, 0.25) is 0 Å². The number of fused-ring (bicyclic) bond motifs is 1. The number of rotatable bonds is 2. The first-order valence-electron chi connectivity index (χ1n) is 4.45. The Labute approximate surface area is 95.8 Å². The zero-order valence-corrected chi connectivity index (χ0v) is 10.0. The van der Waals surface area contributed by atoms with Gasteiger partial charge >= 0.3 is 0 Å². The van der Waals surface area contributed by atoms with E-state index in [4.69, 9.17) is 4.74 Å². The number of nitrogens with zero attached hydrogens (tertiary/aromatic N) is 1. The molecule has 0 aliphatic carbocycles. The first-order valence-corrected chi connectivity index (χ1v) is 5.25. The predicted octanol–water partition coefficient (Wildman–Crippen LogP) is 2.76. The summed E-state index contributed by atoms with van der Waals surface area (Å²) < 4.78 is 8.11. The maximum Gasteiger partial charge on any atom is 0.152 e. The summed E-state index contributed by atoms with van der Waals surface area (Å²) in [5.41, 5.74) is 1.61. The van der Waals surface area contributed by atoms with Gasteiger partial charge in [-0.2, -0.15) is 0 Å². The van der Waals surface area contributed by atoms with Crippen molar-refractivity contribution in [3.63, 3.8) is 0 Å². The maximum atomic E-state index is 10.9. The molecule has 15 heavy (non-hydrogen) atoms. The number of aromatic nitrogens is 1. The highest BCUT2D eigenvalue weighted by Crippen LogP contribution is 2.34. The molecule has 1 aromatic carbocycles. The number of hydrogen-bond donors (Lipinski definition) is 0. The molecule has 0 fully saturated rings. The Kier molecular flexibility index (Phi) is 2.52. The van der Waals surface area contributed by atoms with Crippen molar-refractivity contribution in [3.8, 4) is 5.75 Å². The first-order chi connectivity index (χ1) is 7.19. The van der Waals surface area contributed by atoms with Crippen LogP contribution in [0.1, 0.15) is 10.4 Å². The molecule has 0 N–H and O–H groups in total. The summed E-state index contributed by atoms with van der Waals surface area (Å²) in [6, 6.07) is 3.76. The Balaban J connectivity index is 2.96. The highest BCUT2D eigenvalue weighted by Gasteiger charge is 2.13. The van der Waals surface area contributed by atoms with E-state index < -0.39 is 0 Å². The second-order valence-corrected chi connectivity index (χ2v) is 4.14. The molecule has 0 unspecified atom stereocenters. The van der Waals surface area contributed by atoms with Crippen molar-refractivity contribution >= 4 is 33.1 Å². The molecule has 0 aliphatic heterocycles. The van der Waals surface area contributed by atoms with Gasteiger partial charge in [-0.05, 0) is 28.1 Å². The molecule has 1 aromatic heterocycles. The van der Waals surface area contributed by atoms with Crippen LogP contribution in [-0.2, 0) is 7.05 Å². The van der Waals surface area contributed by atoms with Gasteiger partial charge in [0.1, 0.15) is 5.75 Å². The van der Waals surface area contributed by atoms with Crippen LogP contribution in [0.25, 0.3) is 10.9 Å². The number of halogens is 1. The topological polar surface area (TPSA) is 31.2 Å². The minimum atomic E-state index is 0.644. The first kappa shape index (κ1) is 10.2. The highest BCUT2D eigenvalue weighted by atomic mass is 79.9. The number of aldehydes is 1. The van der Waals surface area contributed by atoms with E-state index in [1.165, 1.54) is 0 Å². The quantitative estimate of drug-likeness (QED) is 0.784. The van der Waals surface area contributed by atoms with Gasteiger partial charge in [-0.3, -0.25) is 4.79 Å². The van der Waals surface area contributed by atoms with Gasteiger partial charge in [0.25, 0.3) is 0 Å². The molecule has 1 heterocycles. The lowest BCUT2D eigenvalue weighted by Crippen LogP contribution is -1.88. The van der Waals surface area contributed by atoms with Crippen molar-refractivity contribution < 1.29 is 9.53 Å². The number of ether oxygens (including phenoxy) is 1. The van der Waals surface area contributed by atoms with Crippen LogP contribution in [0, 0.1) is 0 Å². The SMILES string of the molecule is COc1ccc(Br)c2c1c(C=O)cn2C. The molecular formula is C11H10BrNO2. The Morgan fingerprint density at radius 3 is 2.80 bits per heavy atom. The maximum absolute atomic E-state index is 10.9. The van der Waals surface area contributed by atoms with Crippen molar-refractivity contribution in [1.29, 1.82) is 0 Å². The van der Waals surface area contributed by atoms with E-state index in [1.807, 2.05) is 23.7 Å². The minimum Gasteiger partial charge on any atom is -0.496 e. The summed E-state index contributed by atoms with van der Waals surface area (Å²) in [6.45, 7) is 0. The number of methoxy groups -OCH3 is 1. The van der Waals surface area contributed by atoms with Crippen LogP contribution in [0.2, 0.25) is 0 Å². The van der Waals surface area contributed by atoms with Crippen LogP contribution in [0.5, 0.6) is 5.75 Å². The van der Waals surface area contributed by atoms with Gasteiger partial charge in [-0.1, -0.05) is 0 Å². The van der Waals surface area contributed by atoms with Crippen LogP contribution >= 0.6 is 15.9 Å². The van der Waals surface area contributed by atoms with Crippen LogP contribution in [-0.4, -0.2) is 18.0 Å². The lowest BCUT2D eigenvalue weighted by molar-refractivity contribution is 0.112. The van der Waals surface area contributed by atoms with Crippen LogP contribution in [0.4, 0.5) is 0 Å². The van der Waals surface area contributed by atoms with Crippen LogP contribution in [0.15, 0.2) is 22.8 Å². The molecule has 0 spiro atoms. The van der Waals surface area contributed by atoms with E-state index in [1.54, 1.807) is 13.3 Å². The molecule has 0 amide bonds. The van der Waals surface area contributed by atoms with E-state index >= 15 is 0 Å². The number of carbonyl (C=O) groups is 1. The van der Waals surface area contributed by atoms with E-state index in [0.29, 0.717) is 5.56 Å². The monoisotopic (exact) mass is 267 g/mol. The average molecular weight is 268 g/mol. The van der Waals surface area contributed by atoms with Crippen molar-refractivity contribution in [2.75, 3.05) is 7.11 Å². The Morgan fingerprint density at radius 2 is 2.20 bits per heavy atom. The zero-order chi connectivity index (χ0) is 11.0. The fourth-order valence-corrected chi connectivity index (χ4v) is 2.38. The van der Waals surface area contributed by atoms with Gasteiger partial charge in [0.05, 0.1) is 18.0 Å². The molecule has 2 aromatic rings. The fourth-order valence-electron chi connectivity index (χ4n) is 1.77. The molecule has 0 radical (unpaired) electrons. The predicted molar refractivity (Wildman–Crippen MR) is 62.6 cm³/mol. The summed E-state index contributed by atoms with van der Waals surface area (Å²) in [5.74, 6) is 0.718. The summed E-state index contributed by atoms with van der Waals surface area (Å²) >= 11 is 3.46. The third kappa shape index (κ3) is 1.45. The van der Waals surface area contributed by atoms with Crippen molar-refractivity contribution in [1.82, 2.24) is 4.57 Å². The fraction of sp³-hybridized carbons (Fsp3) is 0.182. The van der Waals surface area contributed by atoms with E-state index in [0.717, 1.165) is 27.4 Å². The van der Waals surface area contributed by atoms with E-state index in [9.17, 15) is 4.79 Å². The van der Waals surface area contributed by atoms with Gasteiger partial charge in [-0.25, -0.2) is 0 Å². The highest BCUT2D eigenvalue weighted by molar-refractivity contribution is 9.10. The third-order valence-corrected chi connectivity index (χ3v) is 3.05. The largest absolute Gasteiger partial charge is 0.496 e. The standard InChI is InChI=1S/C11H10BrNO2/c1-13-5-7(6-14)10-9(15-2)4-3-8(12)11(10)13/h3-6H,1-2H3. The Bertz CT molecular complexity index is 531. The molecule has 4 heteroatoms. The van der Waals surface area contributed by atoms with Gasteiger partial charge < -0.3 is 9.30 Å². The van der Waals surface area contributed by atoms with Crippen LogP contribution in [0.3, 0.4) is 0 Å². The molecule has 3 nitrogen and oxygen atoms in total. The van der Waals surface area contributed by atoms with Gasteiger partial charge in [0, 0.05) is 23.3 Å².